The molecule has 0 saturated heterocycles. The zero-order valence-electron chi connectivity index (χ0n) is 15.2. The summed E-state index contributed by atoms with van der Waals surface area (Å²) in [6, 6.07) is 0. The van der Waals surface area contributed by atoms with E-state index in [-0.39, 0.29) is 6.61 Å². The first kappa shape index (κ1) is 22.9. The average Bonchev–Trinajstić information content (AvgIpc) is 2.51. The van der Waals surface area contributed by atoms with Crippen LogP contribution in [-0.2, 0) is 27.8 Å². The number of rotatable bonds is 17. The summed E-state index contributed by atoms with van der Waals surface area (Å²) in [6.45, 7) is 10.2. The van der Waals surface area contributed by atoms with E-state index < -0.39 is 14.2 Å². The third kappa shape index (κ3) is 14.0. The predicted octanol–water partition coefficient (Wildman–Crippen LogP) is 4.80. The minimum Gasteiger partial charge on any atom is -0.379 e. The Hall–Kier alpha value is -0.100. The van der Waals surface area contributed by atoms with Gasteiger partial charge >= 0.3 is 14.2 Å². The van der Waals surface area contributed by atoms with Gasteiger partial charge in [0, 0.05) is 18.1 Å². The van der Waals surface area contributed by atoms with Crippen molar-refractivity contribution < 1.29 is 27.8 Å². The molecule has 0 rings (SSSR count). The molecule has 6 nitrogen and oxygen atoms in total. The molecule has 0 aromatic carbocycles. The van der Waals surface area contributed by atoms with Crippen molar-refractivity contribution in [2.75, 3.05) is 33.0 Å². The molecule has 0 fully saturated rings. The lowest BCUT2D eigenvalue weighted by Crippen LogP contribution is -2.34. The molecule has 0 aromatic rings. The zero-order valence-corrected chi connectivity index (χ0v) is 16.1. The van der Waals surface area contributed by atoms with Gasteiger partial charge in [-0.05, 0) is 19.3 Å². The normalized spacial score (nSPS) is 12.6. The third-order valence-electron chi connectivity index (χ3n) is 3.03. The predicted molar refractivity (Wildman–Crippen MR) is 90.5 cm³/mol. The summed E-state index contributed by atoms with van der Waals surface area (Å²) >= 11 is 0. The summed E-state index contributed by atoms with van der Waals surface area (Å²) in [5.41, 5.74) is 0. The standard InChI is InChI=1S/C16H34O6P/c1-5-8-11-18-14-15-21-23(17)22-16(4,19-12-9-6-2)20-13-10-7-3/h5-15H2,1-4H3/q+1. The molecule has 0 aliphatic heterocycles. The van der Waals surface area contributed by atoms with E-state index in [1.54, 1.807) is 6.92 Å². The molecule has 1 unspecified atom stereocenters. The fraction of sp³-hybridized carbons (Fsp3) is 1.00. The van der Waals surface area contributed by atoms with E-state index in [1.807, 2.05) is 0 Å². The van der Waals surface area contributed by atoms with Crippen molar-refractivity contribution in [1.82, 2.24) is 0 Å². The minimum absolute atomic E-state index is 0.221. The van der Waals surface area contributed by atoms with Gasteiger partial charge in [-0.1, -0.05) is 44.6 Å². The van der Waals surface area contributed by atoms with E-state index >= 15 is 0 Å². The van der Waals surface area contributed by atoms with Crippen molar-refractivity contribution in [2.24, 2.45) is 0 Å². The van der Waals surface area contributed by atoms with Crippen LogP contribution < -0.4 is 0 Å². The quantitative estimate of drug-likeness (QED) is 0.213. The summed E-state index contributed by atoms with van der Waals surface area (Å²) in [6.07, 6.45) is 5.88. The van der Waals surface area contributed by atoms with Crippen LogP contribution in [0.5, 0.6) is 0 Å². The summed E-state index contributed by atoms with van der Waals surface area (Å²) in [5, 5.41) is 0. The van der Waals surface area contributed by atoms with Crippen LogP contribution in [0.2, 0.25) is 0 Å². The molecule has 0 N–H and O–H groups in total. The van der Waals surface area contributed by atoms with E-state index in [0.717, 1.165) is 38.5 Å². The van der Waals surface area contributed by atoms with E-state index in [2.05, 4.69) is 20.8 Å². The molecule has 7 heteroatoms. The molecule has 23 heavy (non-hydrogen) atoms. The Morgan fingerprint density at radius 3 is 1.83 bits per heavy atom. The molecule has 0 radical (unpaired) electrons. The van der Waals surface area contributed by atoms with E-state index in [4.69, 9.17) is 23.3 Å². The molecule has 138 valence electrons. The van der Waals surface area contributed by atoms with Gasteiger partial charge in [0.25, 0.3) is 0 Å². The fourth-order valence-corrected chi connectivity index (χ4v) is 2.23. The number of unbranched alkanes of at least 4 members (excludes halogenated alkanes) is 3. The van der Waals surface area contributed by atoms with Crippen molar-refractivity contribution >= 4 is 8.25 Å². The SMILES string of the molecule is CCCCOCCO[P+](=O)OC(C)(OCCCC)OCCCC. The Labute approximate surface area is 142 Å². The first-order valence-corrected chi connectivity index (χ1v) is 9.82. The van der Waals surface area contributed by atoms with Gasteiger partial charge in [-0.15, -0.1) is 4.52 Å². The summed E-state index contributed by atoms with van der Waals surface area (Å²) < 4.78 is 38.9. The fourth-order valence-electron chi connectivity index (χ4n) is 1.58. The topological polar surface area (TPSA) is 63.2 Å². The van der Waals surface area contributed by atoms with Gasteiger partial charge in [-0.3, -0.25) is 0 Å². The van der Waals surface area contributed by atoms with Crippen molar-refractivity contribution in [2.45, 2.75) is 72.2 Å². The highest BCUT2D eigenvalue weighted by molar-refractivity contribution is 7.33. The Morgan fingerprint density at radius 2 is 1.30 bits per heavy atom. The van der Waals surface area contributed by atoms with Crippen LogP contribution in [0.1, 0.15) is 66.2 Å². The van der Waals surface area contributed by atoms with Gasteiger partial charge in [0.2, 0.25) is 0 Å². The van der Waals surface area contributed by atoms with Gasteiger partial charge < -0.3 is 14.2 Å². The van der Waals surface area contributed by atoms with E-state index in [1.165, 1.54) is 0 Å². The second-order valence-electron chi connectivity index (χ2n) is 5.38. The molecule has 0 spiro atoms. The molecule has 0 aliphatic carbocycles. The maximum Gasteiger partial charge on any atom is 0.703 e. The minimum atomic E-state index is -2.31. The molecule has 0 aliphatic rings. The molecule has 0 amide bonds. The van der Waals surface area contributed by atoms with Crippen molar-refractivity contribution in [3.05, 3.63) is 0 Å². The monoisotopic (exact) mass is 353 g/mol. The van der Waals surface area contributed by atoms with Gasteiger partial charge in [-0.25, -0.2) is 0 Å². The largest absolute Gasteiger partial charge is 0.703 e. The third-order valence-corrected chi connectivity index (χ3v) is 3.91. The summed E-state index contributed by atoms with van der Waals surface area (Å²) in [7, 11) is -2.31. The van der Waals surface area contributed by atoms with Gasteiger partial charge in [0.1, 0.15) is 6.61 Å². The molecule has 0 bridgehead atoms. The maximum atomic E-state index is 11.9. The van der Waals surface area contributed by atoms with E-state index in [9.17, 15) is 4.57 Å². The van der Waals surface area contributed by atoms with Crippen LogP contribution in [-0.4, -0.2) is 39.0 Å². The molecule has 0 aromatic heterocycles. The maximum absolute atomic E-state index is 11.9. The lowest BCUT2D eigenvalue weighted by Gasteiger charge is -2.23. The highest BCUT2D eigenvalue weighted by atomic mass is 31.1. The van der Waals surface area contributed by atoms with Crippen LogP contribution in [0.25, 0.3) is 0 Å². The van der Waals surface area contributed by atoms with Crippen molar-refractivity contribution in [3.8, 4) is 0 Å². The van der Waals surface area contributed by atoms with Gasteiger partial charge in [0.05, 0.1) is 19.8 Å². The smallest absolute Gasteiger partial charge is 0.379 e. The Balaban J connectivity index is 4.09. The van der Waals surface area contributed by atoms with Crippen LogP contribution in [0.4, 0.5) is 0 Å². The first-order valence-electron chi connectivity index (χ1n) is 8.72. The molecular weight excluding hydrogens is 319 g/mol. The Kier molecular flexibility index (Phi) is 15.4. The Morgan fingerprint density at radius 1 is 0.783 bits per heavy atom. The highest BCUT2D eigenvalue weighted by Gasteiger charge is 2.40. The molecule has 1 atom stereocenters. The van der Waals surface area contributed by atoms with Crippen molar-refractivity contribution in [3.63, 3.8) is 0 Å². The molecule has 0 saturated carbocycles. The molecule has 0 heterocycles. The van der Waals surface area contributed by atoms with Gasteiger partial charge in [-0.2, -0.15) is 0 Å². The number of ether oxygens (including phenoxy) is 3. The van der Waals surface area contributed by atoms with Crippen molar-refractivity contribution in [1.29, 1.82) is 0 Å². The second-order valence-corrected chi connectivity index (χ2v) is 6.27. The average molecular weight is 353 g/mol. The highest BCUT2D eigenvalue weighted by Crippen LogP contribution is 2.33. The molecular formula is C16H34O6P+. The van der Waals surface area contributed by atoms with Gasteiger partial charge in [0.15, 0.2) is 0 Å². The number of hydrogen-bond donors (Lipinski definition) is 0. The van der Waals surface area contributed by atoms with Crippen LogP contribution in [0.3, 0.4) is 0 Å². The number of hydrogen-bond acceptors (Lipinski definition) is 6. The van der Waals surface area contributed by atoms with Crippen LogP contribution in [0.15, 0.2) is 0 Å². The Bertz CT molecular complexity index is 278. The lowest BCUT2D eigenvalue weighted by atomic mass is 10.3. The summed E-state index contributed by atoms with van der Waals surface area (Å²) in [5.74, 6) is -1.33. The second kappa shape index (κ2) is 15.4. The van der Waals surface area contributed by atoms with E-state index in [0.29, 0.717) is 26.4 Å². The van der Waals surface area contributed by atoms with Crippen LogP contribution in [0, 0.1) is 0 Å². The lowest BCUT2D eigenvalue weighted by molar-refractivity contribution is -0.333. The first-order chi connectivity index (χ1) is 11.1. The zero-order chi connectivity index (χ0) is 17.4. The van der Waals surface area contributed by atoms with Crippen LogP contribution >= 0.6 is 8.25 Å². The summed E-state index contributed by atoms with van der Waals surface area (Å²) in [4.78, 5) is 0.